The van der Waals surface area contributed by atoms with E-state index in [2.05, 4.69) is 31.9 Å². The maximum absolute atomic E-state index is 12.5. The summed E-state index contributed by atoms with van der Waals surface area (Å²) < 4.78 is 27.2. The van der Waals surface area contributed by atoms with Crippen LogP contribution < -0.4 is 0 Å². The van der Waals surface area contributed by atoms with E-state index in [1.54, 1.807) is 22.5 Å². The summed E-state index contributed by atoms with van der Waals surface area (Å²) in [5, 5.41) is 1.43. The lowest BCUT2D eigenvalue weighted by Gasteiger charge is -2.17. The minimum Gasteiger partial charge on any atom is -0.207 e. The van der Waals surface area contributed by atoms with Crippen LogP contribution in [0.5, 0.6) is 0 Å². The first-order valence-electron chi connectivity index (χ1n) is 5.96. The summed E-state index contributed by atoms with van der Waals surface area (Å²) in [6.45, 7) is 1.20. The minimum atomic E-state index is -3.40. The van der Waals surface area contributed by atoms with Crippen molar-refractivity contribution >= 4 is 53.5 Å². The van der Waals surface area contributed by atoms with Crippen molar-refractivity contribution in [3.05, 3.63) is 27.7 Å². The summed E-state index contributed by atoms with van der Waals surface area (Å²) in [6.07, 6.45) is 1.94. The van der Waals surface area contributed by atoms with Crippen LogP contribution in [0.1, 0.15) is 12.8 Å². The molecule has 0 radical (unpaired) electrons. The average Bonchev–Trinajstić information content (AvgIpc) is 2.82. The number of rotatable bonds is 4. The number of hydrogen-bond donors (Lipinski definition) is 0. The van der Waals surface area contributed by atoms with Crippen LogP contribution in [-0.2, 0) is 10.0 Å². The highest BCUT2D eigenvalue weighted by Gasteiger charge is 2.32. The molecule has 0 spiro atoms. The van der Waals surface area contributed by atoms with Crippen molar-refractivity contribution in [2.45, 2.75) is 17.7 Å². The molecule has 7 heteroatoms. The molecule has 1 fully saturated rings. The van der Waals surface area contributed by atoms with E-state index in [1.807, 2.05) is 0 Å². The lowest BCUT2D eigenvalue weighted by molar-refractivity contribution is 0.454. The van der Waals surface area contributed by atoms with E-state index >= 15 is 0 Å². The molecule has 19 heavy (non-hydrogen) atoms. The molecule has 0 aromatic heterocycles. The van der Waals surface area contributed by atoms with Gasteiger partial charge in [0.25, 0.3) is 0 Å². The van der Waals surface area contributed by atoms with E-state index in [1.165, 1.54) is 0 Å². The van der Waals surface area contributed by atoms with Gasteiger partial charge in [-0.05, 0) is 52.9 Å². The Morgan fingerprint density at radius 3 is 2.79 bits per heavy atom. The van der Waals surface area contributed by atoms with E-state index < -0.39 is 10.0 Å². The number of hydrogen-bond acceptors (Lipinski definition) is 2. The van der Waals surface area contributed by atoms with Crippen molar-refractivity contribution in [1.82, 2.24) is 4.31 Å². The van der Waals surface area contributed by atoms with E-state index in [-0.39, 0.29) is 0 Å². The van der Waals surface area contributed by atoms with Gasteiger partial charge in [-0.2, -0.15) is 4.31 Å². The Balaban J connectivity index is 2.21. The van der Waals surface area contributed by atoms with Crippen LogP contribution >= 0.6 is 43.5 Å². The number of benzene rings is 1. The van der Waals surface area contributed by atoms with Crippen molar-refractivity contribution in [2.75, 3.05) is 18.4 Å². The normalized spacial score (nSPS) is 20.9. The number of sulfonamides is 1. The topological polar surface area (TPSA) is 37.4 Å². The largest absolute Gasteiger partial charge is 0.243 e. The molecule has 1 heterocycles. The lowest BCUT2D eigenvalue weighted by atomic mass is 10.1. The quantitative estimate of drug-likeness (QED) is 0.678. The SMILES string of the molecule is O=S(=O)(c1ccc(Cl)c(Br)c1)N1CCC(CCBr)C1. The Morgan fingerprint density at radius 1 is 1.42 bits per heavy atom. The summed E-state index contributed by atoms with van der Waals surface area (Å²) >= 11 is 12.6. The van der Waals surface area contributed by atoms with Crippen molar-refractivity contribution in [2.24, 2.45) is 5.92 Å². The molecule has 1 aliphatic heterocycles. The zero-order valence-electron chi connectivity index (χ0n) is 10.2. The molecular formula is C12H14Br2ClNO2S. The third-order valence-electron chi connectivity index (χ3n) is 3.29. The van der Waals surface area contributed by atoms with Crippen LogP contribution in [-0.4, -0.2) is 31.1 Å². The Bertz CT molecular complexity index is 565. The summed E-state index contributed by atoms with van der Waals surface area (Å²) in [4.78, 5) is 0.295. The number of alkyl halides is 1. The molecule has 0 aliphatic carbocycles. The minimum absolute atomic E-state index is 0.295. The second kappa shape index (κ2) is 6.43. The van der Waals surface area contributed by atoms with Crippen molar-refractivity contribution in [3.63, 3.8) is 0 Å². The molecule has 0 N–H and O–H groups in total. The third kappa shape index (κ3) is 3.53. The van der Waals surface area contributed by atoms with Gasteiger partial charge in [0.15, 0.2) is 0 Å². The fraction of sp³-hybridized carbons (Fsp3) is 0.500. The Labute approximate surface area is 135 Å². The van der Waals surface area contributed by atoms with Gasteiger partial charge in [0.2, 0.25) is 10.0 Å². The van der Waals surface area contributed by atoms with Crippen LogP contribution in [0.4, 0.5) is 0 Å². The van der Waals surface area contributed by atoms with Gasteiger partial charge in [-0.1, -0.05) is 27.5 Å². The highest BCUT2D eigenvalue weighted by Crippen LogP contribution is 2.30. The van der Waals surface area contributed by atoms with Crippen molar-refractivity contribution in [1.29, 1.82) is 0 Å². The van der Waals surface area contributed by atoms with Crippen LogP contribution in [0, 0.1) is 5.92 Å². The Hall–Kier alpha value is 0.380. The first-order valence-corrected chi connectivity index (χ1v) is 9.69. The maximum atomic E-state index is 12.5. The third-order valence-corrected chi connectivity index (χ3v) is 6.83. The van der Waals surface area contributed by atoms with Gasteiger partial charge in [0.1, 0.15) is 0 Å². The Kier molecular flexibility index (Phi) is 5.34. The number of nitrogens with zero attached hydrogens (tertiary/aromatic N) is 1. The van der Waals surface area contributed by atoms with Crippen molar-refractivity contribution < 1.29 is 8.42 Å². The molecule has 0 amide bonds. The average molecular weight is 432 g/mol. The standard InChI is InChI=1S/C12H14Br2ClNO2S/c13-5-3-9-4-6-16(8-9)19(17,18)10-1-2-12(15)11(14)7-10/h1-2,7,9H,3-6,8H2. The fourth-order valence-electron chi connectivity index (χ4n) is 2.19. The van der Waals surface area contributed by atoms with Crippen LogP contribution in [0.25, 0.3) is 0 Å². The molecule has 1 aromatic rings. The molecule has 2 rings (SSSR count). The number of halogens is 3. The van der Waals surface area contributed by atoms with Gasteiger partial charge in [0, 0.05) is 22.9 Å². The van der Waals surface area contributed by atoms with E-state index in [0.29, 0.717) is 33.4 Å². The highest BCUT2D eigenvalue weighted by molar-refractivity contribution is 9.10. The molecule has 3 nitrogen and oxygen atoms in total. The predicted molar refractivity (Wildman–Crippen MR) is 84.4 cm³/mol. The summed E-state index contributed by atoms with van der Waals surface area (Å²) in [5.41, 5.74) is 0. The van der Waals surface area contributed by atoms with E-state index in [0.717, 1.165) is 18.2 Å². The van der Waals surface area contributed by atoms with Crippen molar-refractivity contribution in [3.8, 4) is 0 Å². The fourth-order valence-corrected chi connectivity index (χ4v) is 5.04. The monoisotopic (exact) mass is 429 g/mol. The summed E-state index contributed by atoms with van der Waals surface area (Å²) in [5.74, 6) is 0.449. The first-order chi connectivity index (χ1) is 8.95. The Morgan fingerprint density at radius 2 is 2.16 bits per heavy atom. The molecule has 0 bridgehead atoms. The summed E-state index contributed by atoms with van der Waals surface area (Å²) in [7, 11) is -3.40. The maximum Gasteiger partial charge on any atom is 0.243 e. The summed E-state index contributed by atoms with van der Waals surface area (Å²) in [6, 6.07) is 4.72. The molecule has 0 saturated carbocycles. The molecule has 1 aromatic carbocycles. The molecular weight excluding hydrogens is 417 g/mol. The predicted octanol–water partition coefficient (Wildman–Crippen LogP) is 3.90. The van der Waals surface area contributed by atoms with Gasteiger partial charge in [-0.3, -0.25) is 0 Å². The second-order valence-corrected chi connectivity index (χ2v) is 8.56. The van der Waals surface area contributed by atoms with Crippen LogP contribution in [0.15, 0.2) is 27.6 Å². The molecule has 1 unspecified atom stereocenters. The zero-order chi connectivity index (χ0) is 14.0. The highest BCUT2D eigenvalue weighted by atomic mass is 79.9. The lowest BCUT2D eigenvalue weighted by Crippen LogP contribution is -2.29. The van der Waals surface area contributed by atoms with E-state index in [9.17, 15) is 8.42 Å². The molecule has 1 atom stereocenters. The van der Waals surface area contributed by atoms with E-state index in [4.69, 9.17) is 11.6 Å². The zero-order valence-corrected chi connectivity index (χ0v) is 14.9. The van der Waals surface area contributed by atoms with Crippen LogP contribution in [0.3, 0.4) is 0 Å². The molecule has 1 aliphatic rings. The van der Waals surface area contributed by atoms with Gasteiger partial charge < -0.3 is 0 Å². The smallest absolute Gasteiger partial charge is 0.207 e. The van der Waals surface area contributed by atoms with Gasteiger partial charge in [0.05, 0.1) is 9.92 Å². The first kappa shape index (κ1) is 15.8. The van der Waals surface area contributed by atoms with Gasteiger partial charge in [-0.15, -0.1) is 0 Å². The second-order valence-electron chi connectivity index (χ2n) is 4.57. The molecule has 106 valence electrons. The van der Waals surface area contributed by atoms with Crippen LogP contribution in [0.2, 0.25) is 5.02 Å². The van der Waals surface area contributed by atoms with Gasteiger partial charge >= 0.3 is 0 Å². The molecule has 1 saturated heterocycles. The van der Waals surface area contributed by atoms with Gasteiger partial charge in [-0.25, -0.2) is 8.42 Å².